The van der Waals surface area contributed by atoms with Crippen LogP contribution in [0.15, 0.2) is 53.9 Å². The molecule has 3 aromatic rings. The molecule has 1 amide bonds. The van der Waals surface area contributed by atoms with Crippen LogP contribution in [0.2, 0.25) is 0 Å². The molecule has 0 spiro atoms. The van der Waals surface area contributed by atoms with Gasteiger partial charge in [-0.25, -0.2) is 0 Å². The van der Waals surface area contributed by atoms with Crippen LogP contribution in [0.25, 0.3) is 10.1 Å². The number of hydrogen-bond acceptors (Lipinski definition) is 5. The zero-order valence-corrected chi connectivity index (χ0v) is 16.9. The second-order valence-corrected chi connectivity index (χ2v) is 7.97. The Morgan fingerprint density at radius 3 is 2.57 bits per heavy atom. The Labute approximate surface area is 169 Å². The van der Waals surface area contributed by atoms with Gasteiger partial charge in [0.2, 0.25) is 5.91 Å². The molecule has 4 rings (SSSR count). The molecule has 5 nitrogen and oxygen atoms in total. The van der Waals surface area contributed by atoms with Gasteiger partial charge in [-0.2, -0.15) is 0 Å². The molecule has 1 fully saturated rings. The molecule has 2 heterocycles. The maximum Gasteiger partial charge on any atom is 0.238 e. The van der Waals surface area contributed by atoms with Gasteiger partial charge in [0, 0.05) is 37.4 Å². The molecular weight excluding hydrogens is 370 g/mol. The molecule has 1 aliphatic heterocycles. The maximum atomic E-state index is 12.4. The second kappa shape index (κ2) is 8.73. The summed E-state index contributed by atoms with van der Waals surface area (Å²) in [6.45, 7) is 5.15. The van der Waals surface area contributed by atoms with E-state index in [1.54, 1.807) is 7.11 Å². The first-order chi connectivity index (χ1) is 13.7. The van der Waals surface area contributed by atoms with E-state index in [0.29, 0.717) is 12.3 Å². The Morgan fingerprint density at radius 2 is 1.75 bits per heavy atom. The van der Waals surface area contributed by atoms with Gasteiger partial charge in [-0.15, -0.1) is 11.3 Å². The van der Waals surface area contributed by atoms with E-state index in [1.807, 2.05) is 35.6 Å². The molecule has 6 heteroatoms. The highest BCUT2D eigenvalue weighted by atomic mass is 32.1. The minimum Gasteiger partial charge on any atom is -0.495 e. The first-order valence-electron chi connectivity index (χ1n) is 9.55. The third-order valence-corrected chi connectivity index (χ3v) is 6.18. The van der Waals surface area contributed by atoms with Gasteiger partial charge in [-0.05, 0) is 34.5 Å². The quantitative estimate of drug-likeness (QED) is 0.692. The van der Waals surface area contributed by atoms with Crippen molar-refractivity contribution in [1.82, 2.24) is 9.80 Å². The fraction of sp³-hybridized carbons (Fsp3) is 0.318. The van der Waals surface area contributed by atoms with Crippen LogP contribution in [0.5, 0.6) is 5.75 Å². The molecule has 0 aliphatic carbocycles. The normalized spacial score (nSPS) is 15.6. The summed E-state index contributed by atoms with van der Waals surface area (Å²) in [6, 6.07) is 16.1. The molecule has 0 atom stereocenters. The summed E-state index contributed by atoms with van der Waals surface area (Å²) in [4.78, 5) is 17.1. The van der Waals surface area contributed by atoms with E-state index in [-0.39, 0.29) is 5.91 Å². The summed E-state index contributed by atoms with van der Waals surface area (Å²) < 4.78 is 6.65. The van der Waals surface area contributed by atoms with Gasteiger partial charge in [0.15, 0.2) is 0 Å². The monoisotopic (exact) mass is 395 g/mol. The van der Waals surface area contributed by atoms with Crippen LogP contribution >= 0.6 is 11.3 Å². The summed E-state index contributed by atoms with van der Waals surface area (Å²) >= 11 is 1.82. The Hall–Kier alpha value is -2.41. The molecule has 2 aromatic carbocycles. The third kappa shape index (κ3) is 4.35. The van der Waals surface area contributed by atoms with Crippen molar-refractivity contribution in [3.05, 3.63) is 59.5 Å². The molecule has 0 radical (unpaired) electrons. The number of rotatable bonds is 6. The van der Waals surface area contributed by atoms with E-state index in [2.05, 4.69) is 44.8 Å². The van der Waals surface area contributed by atoms with Crippen LogP contribution in [0.4, 0.5) is 5.69 Å². The number of piperazine rings is 1. The molecular formula is C22H25N3O2S. The van der Waals surface area contributed by atoms with Gasteiger partial charge < -0.3 is 10.1 Å². The standard InChI is InChI=1S/C22H25N3O2S/c1-27-20-8-4-3-7-19(20)23-22(26)15-25-12-10-24(11-13-25)14-17-16-28-21-9-5-2-6-18(17)21/h2-9,16H,10-15H2,1H3,(H,23,26). The number of amides is 1. The molecule has 0 bridgehead atoms. The van der Waals surface area contributed by atoms with Crippen molar-refractivity contribution in [3.63, 3.8) is 0 Å². The van der Waals surface area contributed by atoms with Crippen molar-refractivity contribution in [3.8, 4) is 5.75 Å². The number of benzene rings is 2. The van der Waals surface area contributed by atoms with Gasteiger partial charge in [-0.1, -0.05) is 30.3 Å². The average molecular weight is 396 g/mol. The lowest BCUT2D eigenvalue weighted by Crippen LogP contribution is -2.48. The number of anilines is 1. The highest BCUT2D eigenvalue weighted by Crippen LogP contribution is 2.27. The number of hydrogen-bond donors (Lipinski definition) is 1. The zero-order valence-electron chi connectivity index (χ0n) is 16.1. The Kier molecular flexibility index (Phi) is 5.90. The minimum atomic E-state index is 0.00165. The predicted octanol–water partition coefficient (Wildman–Crippen LogP) is 3.67. The van der Waals surface area contributed by atoms with Crippen LogP contribution in [0.1, 0.15) is 5.56 Å². The zero-order chi connectivity index (χ0) is 19.3. The SMILES string of the molecule is COc1ccccc1NC(=O)CN1CCN(Cc2csc3ccccc23)CC1. The van der Waals surface area contributed by atoms with Crippen LogP contribution in [-0.4, -0.2) is 55.5 Å². The van der Waals surface area contributed by atoms with Crippen molar-refractivity contribution in [2.45, 2.75) is 6.54 Å². The smallest absolute Gasteiger partial charge is 0.238 e. The topological polar surface area (TPSA) is 44.8 Å². The van der Waals surface area contributed by atoms with E-state index in [1.165, 1.54) is 15.6 Å². The molecule has 1 N–H and O–H groups in total. The minimum absolute atomic E-state index is 0.00165. The number of fused-ring (bicyclic) bond motifs is 1. The number of nitrogens with zero attached hydrogens (tertiary/aromatic N) is 2. The summed E-state index contributed by atoms with van der Waals surface area (Å²) in [5, 5.41) is 6.60. The van der Waals surface area contributed by atoms with Crippen LogP contribution in [0, 0.1) is 0 Å². The van der Waals surface area contributed by atoms with E-state index in [4.69, 9.17) is 4.74 Å². The number of thiophene rings is 1. The molecule has 1 saturated heterocycles. The fourth-order valence-corrected chi connectivity index (χ4v) is 4.60. The molecule has 28 heavy (non-hydrogen) atoms. The molecule has 146 valence electrons. The lowest BCUT2D eigenvalue weighted by atomic mass is 10.1. The van der Waals surface area contributed by atoms with E-state index in [9.17, 15) is 4.79 Å². The Morgan fingerprint density at radius 1 is 1.04 bits per heavy atom. The van der Waals surface area contributed by atoms with E-state index < -0.39 is 0 Å². The number of methoxy groups -OCH3 is 1. The fourth-order valence-electron chi connectivity index (χ4n) is 3.64. The van der Waals surface area contributed by atoms with Crippen LogP contribution in [0.3, 0.4) is 0 Å². The number of carbonyl (C=O) groups is 1. The van der Waals surface area contributed by atoms with Crippen LogP contribution in [-0.2, 0) is 11.3 Å². The predicted molar refractivity (Wildman–Crippen MR) is 115 cm³/mol. The van der Waals surface area contributed by atoms with Crippen LogP contribution < -0.4 is 10.1 Å². The summed E-state index contributed by atoms with van der Waals surface area (Å²) in [7, 11) is 1.61. The van der Waals surface area contributed by atoms with Gasteiger partial charge in [0.1, 0.15) is 5.75 Å². The number of para-hydroxylation sites is 2. The van der Waals surface area contributed by atoms with Crippen molar-refractivity contribution in [2.75, 3.05) is 45.2 Å². The molecule has 0 saturated carbocycles. The number of nitrogens with one attached hydrogen (secondary N) is 1. The molecule has 1 aliphatic rings. The van der Waals surface area contributed by atoms with Crippen molar-refractivity contribution >= 4 is 33.0 Å². The first-order valence-corrected chi connectivity index (χ1v) is 10.4. The summed E-state index contributed by atoms with van der Waals surface area (Å²) in [5.74, 6) is 0.686. The highest BCUT2D eigenvalue weighted by molar-refractivity contribution is 7.17. The van der Waals surface area contributed by atoms with Gasteiger partial charge >= 0.3 is 0 Å². The van der Waals surface area contributed by atoms with Gasteiger partial charge in [-0.3, -0.25) is 14.6 Å². The first kappa shape index (κ1) is 18.9. The molecule has 0 unspecified atom stereocenters. The van der Waals surface area contributed by atoms with E-state index in [0.717, 1.165) is 38.4 Å². The Balaban J connectivity index is 1.28. The van der Waals surface area contributed by atoms with E-state index >= 15 is 0 Å². The number of carbonyl (C=O) groups excluding carboxylic acids is 1. The summed E-state index contributed by atoms with van der Waals surface area (Å²) in [5.41, 5.74) is 2.13. The third-order valence-electron chi connectivity index (χ3n) is 5.17. The maximum absolute atomic E-state index is 12.4. The Bertz CT molecular complexity index is 948. The lowest BCUT2D eigenvalue weighted by molar-refractivity contribution is -0.117. The highest BCUT2D eigenvalue weighted by Gasteiger charge is 2.20. The van der Waals surface area contributed by atoms with Crippen molar-refractivity contribution in [2.24, 2.45) is 0 Å². The average Bonchev–Trinajstić information content (AvgIpc) is 3.13. The lowest BCUT2D eigenvalue weighted by Gasteiger charge is -2.34. The largest absolute Gasteiger partial charge is 0.495 e. The van der Waals surface area contributed by atoms with Crippen molar-refractivity contribution < 1.29 is 9.53 Å². The van der Waals surface area contributed by atoms with Crippen molar-refractivity contribution in [1.29, 1.82) is 0 Å². The van der Waals surface area contributed by atoms with Gasteiger partial charge in [0.05, 0.1) is 19.3 Å². The summed E-state index contributed by atoms with van der Waals surface area (Å²) in [6.07, 6.45) is 0. The second-order valence-electron chi connectivity index (χ2n) is 7.06. The number of ether oxygens (including phenoxy) is 1. The molecule has 1 aromatic heterocycles. The van der Waals surface area contributed by atoms with Gasteiger partial charge in [0.25, 0.3) is 0 Å².